The fraction of sp³-hybridized carbons (Fsp3) is 0.375. The van der Waals surface area contributed by atoms with Gasteiger partial charge in [-0.3, -0.25) is 14.6 Å². The molecule has 0 radical (unpaired) electrons. The van der Waals surface area contributed by atoms with Crippen LogP contribution in [0.4, 0.5) is 11.4 Å². The van der Waals surface area contributed by atoms with Crippen molar-refractivity contribution in [3.8, 4) is 11.8 Å². The van der Waals surface area contributed by atoms with Crippen molar-refractivity contribution in [2.45, 2.75) is 19.3 Å². The van der Waals surface area contributed by atoms with E-state index in [4.69, 9.17) is 11.6 Å². The molecule has 0 N–H and O–H groups in total. The highest BCUT2D eigenvalue weighted by Crippen LogP contribution is 2.38. The Labute approximate surface area is 178 Å². The Kier molecular flexibility index (Phi) is 6.08. The zero-order valence-corrected chi connectivity index (χ0v) is 17.5. The van der Waals surface area contributed by atoms with E-state index in [1.54, 1.807) is 0 Å². The molecule has 0 aromatic heterocycles. The number of carbonyl (C=O) groups excluding carboxylic acids is 1. The number of piperazine rings is 1. The topological polar surface area (TPSA) is 26.8 Å². The van der Waals surface area contributed by atoms with Crippen molar-refractivity contribution in [1.29, 1.82) is 0 Å². The third-order valence-electron chi connectivity index (χ3n) is 5.79. The first-order chi connectivity index (χ1) is 14.2. The summed E-state index contributed by atoms with van der Waals surface area (Å²) in [6, 6.07) is 16.1. The number of benzene rings is 2. The molecule has 1 saturated heterocycles. The van der Waals surface area contributed by atoms with Crippen LogP contribution < -0.4 is 9.80 Å². The minimum absolute atomic E-state index is 0.0208. The van der Waals surface area contributed by atoms with E-state index in [-0.39, 0.29) is 11.8 Å². The number of hydrogen-bond donors (Lipinski definition) is 0. The van der Waals surface area contributed by atoms with Gasteiger partial charge in [-0.05, 0) is 36.2 Å². The highest BCUT2D eigenvalue weighted by atomic mass is 35.5. The first-order valence-electron chi connectivity index (χ1n) is 10.3. The minimum Gasteiger partial charge on any atom is -0.369 e. The highest BCUT2D eigenvalue weighted by molar-refractivity contribution is 6.30. The Hall–Kier alpha value is -2.48. The van der Waals surface area contributed by atoms with Gasteiger partial charge in [0, 0.05) is 42.6 Å². The Balaban J connectivity index is 1.30. The van der Waals surface area contributed by atoms with Gasteiger partial charge in [0.05, 0.1) is 19.0 Å². The van der Waals surface area contributed by atoms with Gasteiger partial charge < -0.3 is 4.90 Å². The van der Waals surface area contributed by atoms with Gasteiger partial charge in [0.1, 0.15) is 0 Å². The van der Waals surface area contributed by atoms with Crippen LogP contribution in [0.25, 0.3) is 0 Å². The maximum absolute atomic E-state index is 12.7. The largest absolute Gasteiger partial charge is 0.369 e. The predicted octanol–water partition coefficient (Wildman–Crippen LogP) is 4.01. The highest BCUT2D eigenvalue weighted by Gasteiger charge is 2.35. The van der Waals surface area contributed by atoms with Crippen LogP contribution in [0.1, 0.15) is 24.8 Å². The zero-order chi connectivity index (χ0) is 20.2. The fourth-order valence-corrected chi connectivity index (χ4v) is 4.35. The lowest BCUT2D eigenvalue weighted by Gasteiger charge is -2.35. The van der Waals surface area contributed by atoms with Gasteiger partial charge in [0.2, 0.25) is 5.91 Å². The van der Waals surface area contributed by atoms with E-state index in [2.05, 4.69) is 40.7 Å². The number of halogens is 1. The third-order valence-corrected chi connectivity index (χ3v) is 6.02. The lowest BCUT2D eigenvalue weighted by molar-refractivity contribution is -0.119. The average molecular weight is 408 g/mol. The van der Waals surface area contributed by atoms with Crippen molar-refractivity contribution >= 4 is 28.9 Å². The summed E-state index contributed by atoms with van der Waals surface area (Å²) in [5.74, 6) is 6.65. The number of hydrogen-bond acceptors (Lipinski definition) is 3. The van der Waals surface area contributed by atoms with Crippen molar-refractivity contribution in [1.82, 2.24) is 4.90 Å². The van der Waals surface area contributed by atoms with Gasteiger partial charge >= 0.3 is 0 Å². The lowest BCUT2D eigenvalue weighted by atomic mass is 9.98. The molecule has 1 fully saturated rings. The van der Waals surface area contributed by atoms with E-state index >= 15 is 0 Å². The molecule has 2 aliphatic rings. The molecule has 2 heterocycles. The molecule has 1 atom stereocenters. The molecule has 0 spiro atoms. The number of para-hydroxylation sites is 1. The first-order valence-corrected chi connectivity index (χ1v) is 10.6. The van der Waals surface area contributed by atoms with Crippen LogP contribution in [0.15, 0.2) is 48.5 Å². The van der Waals surface area contributed by atoms with Crippen molar-refractivity contribution in [2.75, 3.05) is 49.1 Å². The van der Waals surface area contributed by atoms with E-state index in [1.165, 1.54) is 5.69 Å². The summed E-state index contributed by atoms with van der Waals surface area (Å²) in [5, 5.41) is 0.777. The Bertz CT molecular complexity index is 940. The van der Waals surface area contributed by atoms with Gasteiger partial charge in [-0.1, -0.05) is 54.6 Å². The van der Waals surface area contributed by atoms with Gasteiger partial charge in [0.15, 0.2) is 0 Å². The summed E-state index contributed by atoms with van der Waals surface area (Å²) in [4.78, 5) is 19.3. The van der Waals surface area contributed by atoms with Crippen LogP contribution in [-0.2, 0) is 4.79 Å². The number of anilines is 2. The predicted molar refractivity (Wildman–Crippen MR) is 120 cm³/mol. The Morgan fingerprint density at radius 1 is 1.00 bits per heavy atom. The summed E-state index contributed by atoms with van der Waals surface area (Å²) in [6.45, 7) is 7.17. The molecule has 1 unspecified atom stereocenters. The monoisotopic (exact) mass is 407 g/mol. The normalized spacial score (nSPS) is 19.1. The molecule has 0 saturated carbocycles. The van der Waals surface area contributed by atoms with Crippen LogP contribution in [0.2, 0.25) is 5.02 Å². The molecule has 5 heteroatoms. The molecular formula is C24H26ClN3O. The quantitative estimate of drug-likeness (QED) is 0.716. The maximum atomic E-state index is 12.7. The molecule has 29 heavy (non-hydrogen) atoms. The standard InChI is InChI=1S/C24H26ClN3O/c1-2-21-22-10-3-4-11-23(22)28(24(21)29)13-6-5-12-26-14-16-27(17-15-26)20-9-7-8-19(25)18-20/h3-4,7-11,18,21H,2,12-17H2,1H3. The molecule has 1 amide bonds. The first kappa shape index (κ1) is 19.8. The van der Waals surface area contributed by atoms with Crippen molar-refractivity contribution in [3.05, 3.63) is 59.1 Å². The molecule has 2 aromatic carbocycles. The van der Waals surface area contributed by atoms with Crippen LogP contribution >= 0.6 is 11.6 Å². The summed E-state index contributed by atoms with van der Waals surface area (Å²) < 4.78 is 0. The second-order valence-electron chi connectivity index (χ2n) is 7.54. The third kappa shape index (κ3) is 4.27. The Morgan fingerprint density at radius 2 is 1.76 bits per heavy atom. The van der Waals surface area contributed by atoms with E-state index in [1.807, 2.05) is 41.3 Å². The molecule has 0 aliphatic carbocycles. The van der Waals surface area contributed by atoms with Crippen LogP contribution in [0.3, 0.4) is 0 Å². The number of amides is 1. The van der Waals surface area contributed by atoms with Gasteiger partial charge in [0.25, 0.3) is 0 Å². The van der Waals surface area contributed by atoms with E-state index in [9.17, 15) is 4.79 Å². The molecule has 0 bridgehead atoms. The van der Waals surface area contributed by atoms with E-state index < -0.39 is 0 Å². The van der Waals surface area contributed by atoms with Gasteiger partial charge in [-0.25, -0.2) is 0 Å². The van der Waals surface area contributed by atoms with Gasteiger partial charge in [-0.2, -0.15) is 0 Å². The Morgan fingerprint density at radius 3 is 2.52 bits per heavy atom. The molecule has 150 valence electrons. The molecule has 2 aliphatic heterocycles. The summed E-state index contributed by atoms with van der Waals surface area (Å²) in [5.41, 5.74) is 3.34. The van der Waals surface area contributed by atoms with Crippen LogP contribution in [0.5, 0.6) is 0 Å². The smallest absolute Gasteiger partial charge is 0.235 e. The second-order valence-corrected chi connectivity index (χ2v) is 7.98. The SMILES string of the molecule is CCC1C(=O)N(CC#CCN2CCN(c3cccc(Cl)c3)CC2)c2ccccc21. The number of carbonyl (C=O) groups is 1. The van der Waals surface area contributed by atoms with Crippen LogP contribution in [0, 0.1) is 11.8 Å². The average Bonchev–Trinajstić information content (AvgIpc) is 3.02. The second kappa shape index (κ2) is 8.90. The molecule has 2 aromatic rings. The summed E-state index contributed by atoms with van der Waals surface area (Å²) >= 11 is 6.11. The summed E-state index contributed by atoms with van der Waals surface area (Å²) in [7, 11) is 0. The van der Waals surface area contributed by atoms with E-state index in [0.717, 1.165) is 55.4 Å². The maximum Gasteiger partial charge on any atom is 0.235 e. The molecule has 4 rings (SSSR count). The number of fused-ring (bicyclic) bond motifs is 1. The van der Waals surface area contributed by atoms with E-state index in [0.29, 0.717) is 6.54 Å². The molecule has 4 nitrogen and oxygen atoms in total. The fourth-order valence-electron chi connectivity index (χ4n) is 4.17. The van der Waals surface area contributed by atoms with Crippen molar-refractivity contribution in [3.63, 3.8) is 0 Å². The zero-order valence-electron chi connectivity index (χ0n) is 16.8. The van der Waals surface area contributed by atoms with Crippen molar-refractivity contribution in [2.24, 2.45) is 0 Å². The van der Waals surface area contributed by atoms with Crippen LogP contribution in [-0.4, -0.2) is 50.1 Å². The van der Waals surface area contributed by atoms with Gasteiger partial charge in [-0.15, -0.1) is 0 Å². The number of rotatable bonds is 4. The van der Waals surface area contributed by atoms with Crippen molar-refractivity contribution < 1.29 is 4.79 Å². The lowest BCUT2D eigenvalue weighted by Crippen LogP contribution is -2.46. The molecular weight excluding hydrogens is 382 g/mol. The number of nitrogens with zero attached hydrogens (tertiary/aromatic N) is 3. The summed E-state index contributed by atoms with van der Waals surface area (Å²) in [6.07, 6.45) is 0.830. The minimum atomic E-state index is -0.0208.